The summed E-state index contributed by atoms with van der Waals surface area (Å²) in [7, 11) is 0. The number of para-hydroxylation sites is 1. The first-order valence-electron chi connectivity index (χ1n) is 7.17. The molecule has 7 nitrogen and oxygen atoms in total. The molecule has 3 aromatic rings. The minimum Gasteiger partial charge on any atom is -0.489 e. The number of anilines is 1. The number of carbonyl (C=O) groups excluding carboxylic acids is 1. The number of nitrogens with one attached hydrogen (secondary N) is 1. The van der Waals surface area contributed by atoms with Crippen molar-refractivity contribution in [2.24, 2.45) is 0 Å². The topological polar surface area (TPSA) is 103 Å². The number of fused-ring (bicyclic) bond motifs is 1. The van der Waals surface area contributed by atoms with E-state index in [1.165, 1.54) is 23.1 Å². The van der Waals surface area contributed by atoms with E-state index < -0.39 is 0 Å². The highest BCUT2D eigenvalue weighted by Gasteiger charge is 2.07. The molecule has 24 heavy (non-hydrogen) atoms. The van der Waals surface area contributed by atoms with Crippen molar-refractivity contribution in [2.45, 2.75) is 4.34 Å². The molecule has 2 aromatic heterocycles. The fourth-order valence-electron chi connectivity index (χ4n) is 2.00. The Morgan fingerprint density at radius 2 is 2.17 bits per heavy atom. The highest BCUT2D eigenvalue weighted by molar-refractivity contribution is 8.01. The molecule has 2 heterocycles. The highest BCUT2D eigenvalue weighted by atomic mass is 32.2. The molecule has 0 bridgehead atoms. The average molecular weight is 361 g/mol. The molecule has 0 radical (unpaired) electrons. The molecule has 0 saturated heterocycles. The Labute approximate surface area is 146 Å². The SMILES string of the molecule is Nc1nnc(SCC(=O)NCCOc2cccc3cccnc23)s1. The van der Waals surface area contributed by atoms with Crippen LogP contribution in [0.25, 0.3) is 10.9 Å². The van der Waals surface area contributed by atoms with Crippen LogP contribution in [-0.2, 0) is 4.79 Å². The lowest BCUT2D eigenvalue weighted by molar-refractivity contribution is -0.118. The van der Waals surface area contributed by atoms with E-state index in [9.17, 15) is 4.79 Å². The van der Waals surface area contributed by atoms with Gasteiger partial charge in [0.25, 0.3) is 0 Å². The molecule has 0 unspecified atom stereocenters. The summed E-state index contributed by atoms with van der Waals surface area (Å²) in [5.41, 5.74) is 6.30. The number of pyridine rings is 1. The van der Waals surface area contributed by atoms with Crippen LogP contribution in [0, 0.1) is 0 Å². The number of carbonyl (C=O) groups is 1. The summed E-state index contributed by atoms with van der Waals surface area (Å²) in [5, 5.41) is 11.8. The lowest BCUT2D eigenvalue weighted by Crippen LogP contribution is -2.29. The number of hydrogen-bond donors (Lipinski definition) is 2. The van der Waals surface area contributed by atoms with E-state index in [1.807, 2.05) is 30.3 Å². The van der Waals surface area contributed by atoms with E-state index in [1.54, 1.807) is 6.20 Å². The fourth-order valence-corrected chi connectivity index (χ4v) is 3.47. The Morgan fingerprint density at radius 1 is 1.29 bits per heavy atom. The van der Waals surface area contributed by atoms with Crippen molar-refractivity contribution in [1.82, 2.24) is 20.5 Å². The minimum absolute atomic E-state index is 0.0894. The second-order valence-corrected chi connectivity index (χ2v) is 6.96. The molecule has 0 aliphatic heterocycles. The second-order valence-electron chi connectivity index (χ2n) is 4.72. The van der Waals surface area contributed by atoms with Crippen LogP contribution < -0.4 is 15.8 Å². The van der Waals surface area contributed by atoms with Crippen LogP contribution in [0.15, 0.2) is 40.9 Å². The van der Waals surface area contributed by atoms with Crippen molar-refractivity contribution in [3.05, 3.63) is 36.5 Å². The molecular formula is C15H15N5O2S2. The van der Waals surface area contributed by atoms with E-state index in [-0.39, 0.29) is 11.7 Å². The van der Waals surface area contributed by atoms with E-state index in [0.717, 1.165) is 10.9 Å². The first-order valence-corrected chi connectivity index (χ1v) is 8.97. The number of nitrogens with two attached hydrogens (primary N) is 1. The third kappa shape index (κ3) is 4.33. The van der Waals surface area contributed by atoms with Gasteiger partial charge >= 0.3 is 0 Å². The van der Waals surface area contributed by atoms with Gasteiger partial charge in [0.2, 0.25) is 11.0 Å². The lowest BCUT2D eigenvalue weighted by atomic mass is 10.2. The summed E-state index contributed by atoms with van der Waals surface area (Å²) in [5.74, 6) is 0.888. The number of nitrogen functional groups attached to an aromatic ring is 1. The van der Waals surface area contributed by atoms with Crippen LogP contribution >= 0.6 is 23.1 Å². The van der Waals surface area contributed by atoms with Crippen LogP contribution in [-0.4, -0.2) is 40.0 Å². The number of ether oxygens (including phenoxy) is 1. The lowest BCUT2D eigenvalue weighted by Gasteiger charge is -2.09. The predicted molar refractivity (Wildman–Crippen MR) is 95.3 cm³/mol. The van der Waals surface area contributed by atoms with Gasteiger partial charge in [-0.25, -0.2) is 0 Å². The zero-order valence-electron chi connectivity index (χ0n) is 12.6. The zero-order valence-corrected chi connectivity index (χ0v) is 14.3. The van der Waals surface area contributed by atoms with Crippen molar-refractivity contribution < 1.29 is 9.53 Å². The molecule has 0 fully saturated rings. The third-order valence-corrected chi connectivity index (χ3v) is 4.91. The van der Waals surface area contributed by atoms with E-state index in [0.29, 0.717) is 28.4 Å². The van der Waals surface area contributed by atoms with Gasteiger partial charge in [0.1, 0.15) is 17.9 Å². The van der Waals surface area contributed by atoms with Gasteiger partial charge in [0.15, 0.2) is 4.34 Å². The average Bonchev–Trinajstić information content (AvgIpc) is 3.02. The number of amides is 1. The minimum atomic E-state index is -0.0894. The first-order chi connectivity index (χ1) is 11.7. The van der Waals surface area contributed by atoms with Crippen LogP contribution in [0.1, 0.15) is 0 Å². The zero-order chi connectivity index (χ0) is 16.8. The molecule has 9 heteroatoms. The summed E-state index contributed by atoms with van der Waals surface area (Å²) in [6.45, 7) is 0.790. The van der Waals surface area contributed by atoms with Gasteiger partial charge in [-0.3, -0.25) is 9.78 Å². The Bertz CT molecular complexity index is 834. The Kier molecular flexibility index (Phi) is 5.44. The van der Waals surface area contributed by atoms with Crippen molar-refractivity contribution in [2.75, 3.05) is 24.6 Å². The number of rotatable bonds is 7. The Hall–Kier alpha value is -2.39. The fraction of sp³-hybridized carbons (Fsp3) is 0.200. The smallest absolute Gasteiger partial charge is 0.230 e. The number of benzene rings is 1. The third-order valence-electron chi connectivity index (χ3n) is 3.03. The molecule has 3 rings (SSSR count). The second kappa shape index (κ2) is 7.93. The molecule has 0 spiro atoms. The molecule has 0 aliphatic rings. The van der Waals surface area contributed by atoms with Gasteiger partial charge < -0.3 is 15.8 Å². The van der Waals surface area contributed by atoms with Crippen LogP contribution in [0.2, 0.25) is 0 Å². The van der Waals surface area contributed by atoms with Gasteiger partial charge in [-0.1, -0.05) is 41.3 Å². The molecule has 0 aliphatic carbocycles. The van der Waals surface area contributed by atoms with Gasteiger partial charge in [0, 0.05) is 11.6 Å². The number of nitrogens with zero attached hydrogens (tertiary/aromatic N) is 3. The van der Waals surface area contributed by atoms with Crippen LogP contribution in [0.5, 0.6) is 5.75 Å². The van der Waals surface area contributed by atoms with Crippen LogP contribution in [0.3, 0.4) is 0 Å². The van der Waals surface area contributed by atoms with Gasteiger partial charge in [-0.05, 0) is 12.1 Å². The quantitative estimate of drug-likeness (QED) is 0.490. The molecule has 1 aromatic carbocycles. The molecule has 0 atom stereocenters. The van der Waals surface area contributed by atoms with Gasteiger partial charge in [0.05, 0.1) is 12.3 Å². The summed E-state index contributed by atoms with van der Waals surface area (Å²) >= 11 is 2.57. The summed E-state index contributed by atoms with van der Waals surface area (Å²) in [6, 6.07) is 9.63. The summed E-state index contributed by atoms with van der Waals surface area (Å²) in [4.78, 5) is 16.1. The maximum absolute atomic E-state index is 11.8. The van der Waals surface area contributed by atoms with E-state index in [2.05, 4.69) is 20.5 Å². The molecular weight excluding hydrogens is 346 g/mol. The molecule has 1 amide bonds. The number of hydrogen-bond acceptors (Lipinski definition) is 8. The largest absolute Gasteiger partial charge is 0.489 e. The van der Waals surface area contributed by atoms with Crippen molar-refractivity contribution in [1.29, 1.82) is 0 Å². The van der Waals surface area contributed by atoms with Crippen LogP contribution in [0.4, 0.5) is 5.13 Å². The molecule has 124 valence electrons. The monoisotopic (exact) mass is 361 g/mol. The summed E-state index contributed by atoms with van der Waals surface area (Å²) < 4.78 is 6.40. The standard InChI is InChI=1S/C15H15N5O2S2/c16-14-19-20-15(24-14)23-9-12(21)17-7-8-22-11-5-1-3-10-4-2-6-18-13(10)11/h1-6H,7-9H2,(H2,16,19)(H,17,21). The van der Waals surface area contributed by atoms with Crippen molar-refractivity contribution in [3.63, 3.8) is 0 Å². The Morgan fingerprint density at radius 3 is 3.00 bits per heavy atom. The van der Waals surface area contributed by atoms with Gasteiger partial charge in [-0.15, -0.1) is 10.2 Å². The van der Waals surface area contributed by atoms with Crippen molar-refractivity contribution in [3.8, 4) is 5.75 Å². The maximum atomic E-state index is 11.8. The molecule has 0 saturated carbocycles. The van der Waals surface area contributed by atoms with Crippen molar-refractivity contribution >= 4 is 45.0 Å². The number of aromatic nitrogens is 3. The van der Waals surface area contributed by atoms with Gasteiger partial charge in [-0.2, -0.15) is 0 Å². The normalized spacial score (nSPS) is 10.7. The Balaban J connectivity index is 1.42. The first kappa shape index (κ1) is 16.5. The number of thioether (sulfide) groups is 1. The van der Waals surface area contributed by atoms with E-state index >= 15 is 0 Å². The maximum Gasteiger partial charge on any atom is 0.230 e. The predicted octanol–water partition coefficient (Wildman–Crippen LogP) is 1.96. The molecule has 3 N–H and O–H groups in total. The van der Waals surface area contributed by atoms with E-state index in [4.69, 9.17) is 10.5 Å². The summed E-state index contributed by atoms with van der Waals surface area (Å²) in [6.07, 6.45) is 1.73. The highest BCUT2D eigenvalue weighted by Crippen LogP contribution is 2.23.